The van der Waals surface area contributed by atoms with Crippen molar-refractivity contribution >= 4 is 33.3 Å². The largest absolute Gasteiger partial charge is 0.497 e. The number of halogens is 2. The van der Waals surface area contributed by atoms with Crippen molar-refractivity contribution in [3.8, 4) is 5.75 Å². The SMILES string of the molecule is COc1ccc(C(=O)c2ccc(Br)cc2)c(Cl)c1. The van der Waals surface area contributed by atoms with E-state index in [0.29, 0.717) is 21.9 Å². The Morgan fingerprint density at radius 1 is 1.17 bits per heavy atom. The normalized spacial score (nSPS) is 10.2. The summed E-state index contributed by atoms with van der Waals surface area (Å²) in [7, 11) is 1.56. The van der Waals surface area contributed by atoms with Crippen LogP contribution in [0.5, 0.6) is 5.75 Å². The summed E-state index contributed by atoms with van der Waals surface area (Å²) >= 11 is 9.40. The van der Waals surface area contributed by atoms with E-state index in [9.17, 15) is 4.79 Å². The zero-order valence-electron chi connectivity index (χ0n) is 9.61. The highest BCUT2D eigenvalue weighted by Crippen LogP contribution is 2.25. The molecule has 0 saturated carbocycles. The summed E-state index contributed by atoms with van der Waals surface area (Å²) in [6.07, 6.45) is 0. The number of ketones is 1. The van der Waals surface area contributed by atoms with E-state index < -0.39 is 0 Å². The number of carbonyl (C=O) groups is 1. The molecule has 2 aromatic rings. The molecule has 0 fully saturated rings. The van der Waals surface area contributed by atoms with Crippen LogP contribution in [-0.2, 0) is 0 Å². The molecule has 18 heavy (non-hydrogen) atoms. The second kappa shape index (κ2) is 5.55. The first-order chi connectivity index (χ1) is 8.61. The molecule has 0 atom stereocenters. The van der Waals surface area contributed by atoms with Gasteiger partial charge in [0.25, 0.3) is 0 Å². The maximum absolute atomic E-state index is 12.2. The van der Waals surface area contributed by atoms with Gasteiger partial charge in [-0.05, 0) is 42.5 Å². The van der Waals surface area contributed by atoms with Crippen LogP contribution in [0.2, 0.25) is 5.02 Å². The molecule has 0 saturated heterocycles. The Kier molecular flexibility index (Phi) is 4.04. The number of carbonyl (C=O) groups excluding carboxylic acids is 1. The van der Waals surface area contributed by atoms with Crippen LogP contribution in [0.15, 0.2) is 46.9 Å². The summed E-state index contributed by atoms with van der Waals surface area (Å²) in [5.41, 5.74) is 1.07. The van der Waals surface area contributed by atoms with Gasteiger partial charge in [-0.3, -0.25) is 4.79 Å². The first kappa shape index (κ1) is 13.1. The van der Waals surface area contributed by atoms with Crippen LogP contribution in [0, 0.1) is 0 Å². The molecule has 2 nitrogen and oxygen atoms in total. The van der Waals surface area contributed by atoms with Crippen LogP contribution in [0.3, 0.4) is 0 Å². The molecule has 0 amide bonds. The fourth-order valence-corrected chi connectivity index (χ4v) is 2.08. The van der Waals surface area contributed by atoms with Gasteiger partial charge in [-0.15, -0.1) is 0 Å². The number of rotatable bonds is 3. The quantitative estimate of drug-likeness (QED) is 0.785. The summed E-state index contributed by atoms with van der Waals surface area (Å²) in [5.74, 6) is 0.530. The first-order valence-electron chi connectivity index (χ1n) is 5.25. The van der Waals surface area contributed by atoms with Crippen molar-refractivity contribution in [3.63, 3.8) is 0 Å². The second-order valence-corrected chi connectivity index (χ2v) is 5.00. The lowest BCUT2D eigenvalue weighted by atomic mass is 10.0. The van der Waals surface area contributed by atoms with Crippen molar-refractivity contribution in [1.29, 1.82) is 0 Å². The number of ether oxygens (including phenoxy) is 1. The van der Waals surface area contributed by atoms with Crippen molar-refractivity contribution in [2.24, 2.45) is 0 Å². The van der Waals surface area contributed by atoms with E-state index >= 15 is 0 Å². The molecule has 2 aromatic carbocycles. The van der Waals surface area contributed by atoms with E-state index in [4.69, 9.17) is 16.3 Å². The van der Waals surface area contributed by atoms with E-state index in [1.807, 2.05) is 12.1 Å². The Balaban J connectivity index is 2.37. The first-order valence-corrected chi connectivity index (χ1v) is 6.42. The third kappa shape index (κ3) is 2.74. The van der Waals surface area contributed by atoms with Crippen LogP contribution in [0.4, 0.5) is 0 Å². The van der Waals surface area contributed by atoms with Crippen LogP contribution >= 0.6 is 27.5 Å². The Labute approximate surface area is 119 Å². The van der Waals surface area contributed by atoms with Gasteiger partial charge in [0.15, 0.2) is 5.78 Å². The molecule has 92 valence electrons. The smallest absolute Gasteiger partial charge is 0.194 e. The maximum Gasteiger partial charge on any atom is 0.194 e. The Morgan fingerprint density at radius 2 is 1.83 bits per heavy atom. The van der Waals surface area contributed by atoms with Crippen LogP contribution in [0.1, 0.15) is 15.9 Å². The highest BCUT2D eigenvalue weighted by Gasteiger charge is 2.13. The Bertz CT molecular complexity index is 579. The van der Waals surface area contributed by atoms with Crippen molar-refractivity contribution in [2.45, 2.75) is 0 Å². The lowest BCUT2D eigenvalue weighted by molar-refractivity contribution is 0.103. The molecule has 0 bridgehead atoms. The highest BCUT2D eigenvalue weighted by molar-refractivity contribution is 9.10. The molecule has 0 unspecified atom stereocenters. The zero-order chi connectivity index (χ0) is 13.1. The summed E-state index contributed by atoms with van der Waals surface area (Å²) in [5, 5.41) is 0.391. The number of methoxy groups -OCH3 is 1. The van der Waals surface area contributed by atoms with Gasteiger partial charge >= 0.3 is 0 Å². The Hall–Kier alpha value is -1.32. The number of benzene rings is 2. The molecule has 0 aliphatic carbocycles. The molecule has 0 aromatic heterocycles. The molecule has 0 aliphatic rings. The van der Waals surface area contributed by atoms with Gasteiger partial charge in [0, 0.05) is 15.6 Å². The summed E-state index contributed by atoms with van der Waals surface area (Å²) in [6.45, 7) is 0. The monoisotopic (exact) mass is 324 g/mol. The lowest BCUT2D eigenvalue weighted by Gasteiger charge is -2.06. The van der Waals surface area contributed by atoms with Gasteiger partial charge in [0.1, 0.15) is 5.75 Å². The summed E-state index contributed by atoms with van der Waals surface area (Å²) in [4.78, 5) is 12.2. The zero-order valence-corrected chi connectivity index (χ0v) is 12.0. The fourth-order valence-electron chi connectivity index (χ4n) is 1.56. The van der Waals surface area contributed by atoms with Gasteiger partial charge in [-0.2, -0.15) is 0 Å². The van der Waals surface area contributed by atoms with Crippen LogP contribution in [0.25, 0.3) is 0 Å². The minimum absolute atomic E-state index is 0.102. The topological polar surface area (TPSA) is 26.3 Å². The predicted molar refractivity (Wildman–Crippen MR) is 75.6 cm³/mol. The van der Waals surface area contributed by atoms with Gasteiger partial charge in [0.05, 0.1) is 12.1 Å². The summed E-state index contributed by atoms with van der Waals surface area (Å²) < 4.78 is 5.98. The molecule has 2 rings (SSSR count). The second-order valence-electron chi connectivity index (χ2n) is 3.68. The van der Waals surface area contributed by atoms with Crippen molar-refractivity contribution < 1.29 is 9.53 Å². The van der Waals surface area contributed by atoms with Crippen LogP contribution < -0.4 is 4.74 Å². The minimum atomic E-state index is -0.102. The van der Waals surface area contributed by atoms with E-state index in [0.717, 1.165) is 4.47 Å². The van der Waals surface area contributed by atoms with Crippen molar-refractivity contribution in [3.05, 3.63) is 63.1 Å². The number of hydrogen-bond donors (Lipinski definition) is 0. The lowest BCUT2D eigenvalue weighted by Crippen LogP contribution is -2.02. The van der Waals surface area contributed by atoms with Gasteiger partial charge in [0.2, 0.25) is 0 Å². The van der Waals surface area contributed by atoms with E-state index in [-0.39, 0.29) is 5.78 Å². The van der Waals surface area contributed by atoms with E-state index in [2.05, 4.69) is 15.9 Å². The van der Waals surface area contributed by atoms with Gasteiger partial charge in [-0.25, -0.2) is 0 Å². The highest BCUT2D eigenvalue weighted by atomic mass is 79.9. The van der Waals surface area contributed by atoms with Gasteiger partial charge < -0.3 is 4.74 Å². The average molecular weight is 326 g/mol. The molecule has 0 heterocycles. The molecule has 0 radical (unpaired) electrons. The molecular formula is C14H10BrClO2. The van der Waals surface area contributed by atoms with Crippen molar-refractivity contribution in [2.75, 3.05) is 7.11 Å². The Morgan fingerprint density at radius 3 is 2.39 bits per heavy atom. The minimum Gasteiger partial charge on any atom is -0.497 e. The molecular weight excluding hydrogens is 316 g/mol. The molecule has 0 spiro atoms. The average Bonchev–Trinajstić information content (AvgIpc) is 2.38. The number of hydrogen-bond acceptors (Lipinski definition) is 2. The van der Waals surface area contributed by atoms with E-state index in [1.165, 1.54) is 0 Å². The molecule has 4 heteroatoms. The van der Waals surface area contributed by atoms with E-state index in [1.54, 1.807) is 37.4 Å². The van der Waals surface area contributed by atoms with Gasteiger partial charge in [-0.1, -0.05) is 27.5 Å². The van der Waals surface area contributed by atoms with Crippen molar-refractivity contribution in [1.82, 2.24) is 0 Å². The standard InChI is InChI=1S/C14H10BrClO2/c1-18-11-6-7-12(13(16)8-11)14(17)9-2-4-10(15)5-3-9/h2-8H,1H3. The third-order valence-electron chi connectivity index (χ3n) is 2.53. The third-order valence-corrected chi connectivity index (χ3v) is 3.37. The summed E-state index contributed by atoms with van der Waals surface area (Å²) in [6, 6.07) is 12.2. The maximum atomic E-state index is 12.2. The predicted octanol–water partition coefficient (Wildman–Crippen LogP) is 4.34. The molecule has 0 N–H and O–H groups in total. The van der Waals surface area contributed by atoms with Crippen LogP contribution in [-0.4, -0.2) is 12.9 Å². The molecule has 0 aliphatic heterocycles. The fraction of sp³-hybridized carbons (Fsp3) is 0.0714.